The lowest BCUT2D eigenvalue weighted by atomic mass is 10.3. The highest BCUT2D eigenvalue weighted by Crippen LogP contribution is 2.33. The minimum atomic E-state index is -4.49. The highest BCUT2D eigenvalue weighted by molar-refractivity contribution is 6.29. The zero-order valence-corrected chi connectivity index (χ0v) is 9.84. The molecule has 3 nitrogen and oxygen atoms in total. The van der Waals surface area contributed by atoms with Gasteiger partial charge in [0.15, 0.2) is 0 Å². The van der Waals surface area contributed by atoms with Crippen LogP contribution in [0.1, 0.15) is 25.7 Å². The van der Waals surface area contributed by atoms with E-state index in [4.69, 9.17) is 11.6 Å². The van der Waals surface area contributed by atoms with Crippen molar-refractivity contribution >= 4 is 22.6 Å². The second kappa shape index (κ2) is 3.87. The van der Waals surface area contributed by atoms with Crippen LogP contribution in [0, 0.1) is 0 Å². The van der Waals surface area contributed by atoms with Crippen LogP contribution < -0.4 is 0 Å². The standard InChI is InChI=1S/C10H9ClF3N3/c1-5(2)17-7-3-8(11)15-4-6(7)16-9(17)10(12,13)14/h3-5H,1-2H3. The Balaban J connectivity index is 2.81. The van der Waals surface area contributed by atoms with E-state index in [1.54, 1.807) is 13.8 Å². The third kappa shape index (κ3) is 2.09. The van der Waals surface area contributed by atoms with Crippen molar-refractivity contribution in [3.63, 3.8) is 0 Å². The smallest absolute Gasteiger partial charge is 0.318 e. The number of fused-ring (bicyclic) bond motifs is 1. The predicted octanol–water partition coefficient (Wildman–Crippen LogP) is 3.68. The van der Waals surface area contributed by atoms with E-state index >= 15 is 0 Å². The molecule has 0 atom stereocenters. The molecule has 0 fully saturated rings. The van der Waals surface area contributed by atoms with Crippen LogP contribution in [0.5, 0.6) is 0 Å². The number of aromatic nitrogens is 3. The van der Waals surface area contributed by atoms with Crippen molar-refractivity contribution in [2.24, 2.45) is 0 Å². The Hall–Kier alpha value is -1.30. The van der Waals surface area contributed by atoms with Crippen LogP contribution in [-0.4, -0.2) is 14.5 Å². The largest absolute Gasteiger partial charge is 0.449 e. The maximum atomic E-state index is 12.8. The fourth-order valence-electron chi connectivity index (χ4n) is 1.70. The molecule has 0 aromatic carbocycles. The Morgan fingerprint density at radius 3 is 2.53 bits per heavy atom. The van der Waals surface area contributed by atoms with E-state index in [0.717, 1.165) is 4.57 Å². The molecule has 0 N–H and O–H groups in total. The highest BCUT2D eigenvalue weighted by atomic mass is 35.5. The van der Waals surface area contributed by atoms with Crippen molar-refractivity contribution in [2.45, 2.75) is 26.1 Å². The first-order valence-electron chi connectivity index (χ1n) is 4.91. The van der Waals surface area contributed by atoms with Crippen molar-refractivity contribution < 1.29 is 13.2 Å². The third-order valence-corrected chi connectivity index (χ3v) is 2.52. The van der Waals surface area contributed by atoms with Crippen LogP contribution in [0.25, 0.3) is 11.0 Å². The molecular formula is C10H9ClF3N3. The highest BCUT2D eigenvalue weighted by Gasteiger charge is 2.38. The Morgan fingerprint density at radius 1 is 1.35 bits per heavy atom. The summed E-state index contributed by atoms with van der Waals surface area (Å²) in [6.45, 7) is 3.31. The second-order valence-corrected chi connectivity index (χ2v) is 4.28. The lowest BCUT2D eigenvalue weighted by Crippen LogP contribution is -2.16. The molecule has 7 heteroatoms. The molecule has 0 aliphatic carbocycles. The van der Waals surface area contributed by atoms with Crippen molar-refractivity contribution in [3.05, 3.63) is 23.2 Å². The molecule has 17 heavy (non-hydrogen) atoms. The Kier molecular flexibility index (Phi) is 2.77. The van der Waals surface area contributed by atoms with Crippen molar-refractivity contribution in [1.29, 1.82) is 0 Å². The molecule has 2 heterocycles. The summed E-state index contributed by atoms with van der Waals surface area (Å²) >= 11 is 5.69. The number of rotatable bonds is 1. The van der Waals surface area contributed by atoms with Gasteiger partial charge in [0, 0.05) is 12.1 Å². The zero-order valence-electron chi connectivity index (χ0n) is 9.09. The van der Waals surface area contributed by atoms with Crippen molar-refractivity contribution in [1.82, 2.24) is 14.5 Å². The molecule has 2 rings (SSSR count). The molecule has 0 radical (unpaired) electrons. The average molecular weight is 264 g/mol. The molecule has 92 valence electrons. The summed E-state index contributed by atoms with van der Waals surface area (Å²) in [7, 11) is 0. The Labute approximate surface area is 100 Å². The average Bonchev–Trinajstić information content (AvgIpc) is 2.55. The molecule has 0 saturated heterocycles. The van der Waals surface area contributed by atoms with Gasteiger partial charge in [-0.2, -0.15) is 13.2 Å². The molecule has 0 spiro atoms. The van der Waals surface area contributed by atoms with E-state index in [-0.39, 0.29) is 16.7 Å². The van der Waals surface area contributed by atoms with Gasteiger partial charge in [0.05, 0.1) is 11.7 Å². The van der Waals surface area contributed by atoms with Crippen LogP contribution in [0.3, 0.4) is 0 Å². The van der Waals surface area contributed by atoms with Crippen LogP contribution in [0.2, 0.25) is 5.15 Å². The molecular weight excluding hydrogens is 255 g/mol. The first-order chi connectivity index (χ1) is 7.80. The molecule has 0 aliphatic rings. The molecule has 0 unspecified atom stereocenters. The topological polar surface area (TPSA) is 30.7 Å². The van der Waals surface area contributed by atoms with Crippen LogP contribution in [-0.2, 0) is 6.18 Å². The summed E-state index contributed by atoms with van der Waals surface area (Å²) in [4.78, 5) is 7.29. The first-order valence-corrected chi connectivity index (χ1v) is 5.29. The number of imidazole rings is 1. The minimum absolute atomic E-state index is 0.146. The fraction of sp³-hybridized carbons (Fsp3) is 0.400. The van der Waals surface area contributed by atoms with Gasteiger partial charge in [-0.3, -0.25) is 0 Å². The van der Waals surface area contributed by atoms with Crippen LogP contribution in [0.4, 0.5) is 13.2 Å². The number of hydrogen-bond acceptors (Lipinski definition) is 2. The minimum Gasteiger partial charge on any atom is -0.318 e. The fourth-order valence-corrected chi connectivity index (χ4v) is 1.85. The summed E-state index contributed by atoms with van der Waals surface area (Å²) in [6, 6.07) is 1.02. The van der Waals surface area contributed by atoms with E-state index in [1.165, 1.54) is 12.3 Å². The quantitative estimate of drug-likeness (QED) is 0.735. The lowest BCUT2D eigenvalue weighted by molar-refractivity contribution is -0.147. The Bertz CT molecular complexity index is 560. The van der Waals surface area contributed by atoms with Gasteiger partial charge < -0.3 is 4.57 Å². The van der Waals surface area contributed by atoms with E-state index in [9.17, 15) is 13.2 Å². The third-order valence-electron chi connectivity index (χ3n) is 2.31. The molecule has 0 bridgehead atoms. The van der Waals surface area contributed by atoms with Crippen molar-refractivity contribution in [3.8, 4) is 0 Å². The Morgan fingerprint density at radius 2 is 2.00 bits per heavy atom. The van der Waals surface area contributed by atoms with E-state index in [2.05, 4.69) is 9.97 Å². The SMILES string of the molecule is CC(C)n1c(C(F)(F)F)nc2cnc(Cl)cc21. The maximum Gasteiger partial charge on any atom is 0.449 e. The number of halogens is 4. The van der Waals surface area contributed by atoms with Gasteiger partial charge >= 0.3 is 6.18 Å². The predicted molar refractivity (Wildman–Crippen MR) is 57.9 cm³/mol. The summed E-state index contributed by atoms with van der Waals surface area (Å²) in [5.41, 5.74) is 0.530. The molecule has 0 saturated carbocycles. The molecule has 2 aromatic heterocycles. The van der Waals surface area contributed by atoms with E-state index in [0.29, 0.717) is 5.52 Å². The van der Waals surface area contributed by atoms with E-state index < -0.39 is 12.0 Å². The van der Waals surface area contributed by atoms with Gasteiger partial charge in [0.25, 0.3) is 0 Å². The summed E-state index contributed by atoms with van der Waals surface area (Å²) in [6.07, 6.45) is -3.25. The molecule has 0 aliphatic heterocycles. The van der Waals surface area contributed by atoms with Gasteiger partial charge in [0.1, 0.15) is 10.7 Å². The second-order valence-electron chi connectivity index (χ2n) is 3.89. The van der Waals surface area contributed by atoms with Gasteiger partial charge in [-0.1, -0.05) is 11.6 Å². The monoisotopic (exact) mass is 263 g/mol. The van der Waals surface area contributed by atoms with Crippen molar-refractivity contribution in [2.75, 3.05) is 0 Å². The molecule has 0 amide bonds. The van der Waals surface area contributed by atoms with Gasteiger partial charge in [-0.25, -0.2) is 9.97 Å². The van der Waals surface area contributed by atoms with Crippen LogP contribution in [0.15, 0.2) is 12.3 Å². The number of alkyl halides is 3. The summed E-state index contributed by atoms with van der Waals surface area (Å²) in [5, 5.41) is 0.146. The van der Waals surface area contributed by atoms with Gasteiger partial charge in [0.2, 0.25) is 5.82 Å². The normalized spacial score (nSPS) is 12.6. The van der Waals surface area contributed by atoms with Gasteiger partial charge in [-0.15, -0.1) is 0 Å². The maximum absolute atomic E-state index is 12.8. The zero-order chi connectivity index (χ0) is 12.8. The number of nitrogens with zero attached hydrogens (tertiary/aromatic N) is 3. The molecule has 2 aromatic rings. The number of hydrogen-bond donors (Lipinski definition) is 0. The van der Waals surface area contributed by atoms with Crippen LogP contribution >= 0.6 is 11.6 Å². The summed E-state index contributed by atoms with van der Waals surface area (Å²) in [5.74, 6) is -0.924. The summed E-state index contributed by atoms with van der Waals surface area (Å²) < 4.78 is 39.5. The van der Waals surface area contributed by atoms with Gasteiger partial charge in [-0.05, 0) is 13.8 Å². The first kappa shape index (κ1) is 12.2. The lowest BCUT2D eigenvalue weighted by Gasteiger charge is -2.14. The number of pyridine rings is 1. The van der Waals surface area contributed by atoms with E-state index in [1.807, 2.05) is 0 Å².